The molecule has 0 saturated heterocycles. The van der Waals surface area contributed by atoms with Crippen molar-refractivity contribution in [2.24, 2.45) is 0 Å². The molecule has 0 aliphatic heterocycles. The second kappa shape index (κ2) is 7.00. The van der Waals surface area contributed by atoms with E-state index in [1.54, 1.807) is 18.2 Å². The van der Waals surface area contributed by atoms with Gasteiger partial charge < -0.3 is 5.32 Å². The molecule has 1 heterocycles. The van der Waals surface area contributed by atoms with Crippen LogP contribution in [-0.4, -0.2) is 21.7 Å². The lowest BCUT2D eigenvalue weighted by Crippen LogP contribution is -2.16. The van der Waals surface area contributed by atoms with Gasteiger partial charge in [-0.1, -0.05) is 0 Å². The molecule has 23 heavy (non-hydrogen) atoms. The normalized spacial score (nSPS) is 10.2. The molecule has 1 aromatic carbocycles. The Morgan fingerprint density at radius 2 is 2.04 bits per heavy atom. The van der Waals surface area contributed by atoms with E-state index >= 15 is 0 Å². The summed E-state index contributed by atoms with van der Waals surface area (Å²) in [5, 5.41) is 15.9. The smallest absolute Gasteiger partial charge is 0.326 e. The van der Waals surface area contributed by atoms with Gasteiger partial charge in [0.15, 0.2) is 5.13 Å². The van der Waals surface area contributed by atoms with Gasteiger partial charge in [0.25, 0.3) is 5.91 Å². The molecule has 2 rings (SSSR count). The maximum absolute atomic E-state index is 12.4. The molecular weight excluding hydrogens is 435 g/mol. The van der Waals surface area contributed by atoms with Crippen LogP contribution in [0.15, 0.2) is 18.2 Å². The van der Waals surface area contributed by atoms with Crippen LogP contribution in [0, 0.1) is 20.6 Å². The molecule has 2 amide bonds. The van der Waals surface area contributed by atoms with Crippen molar-refractivity contribution in [3.8, 4) is 0 Å². The summed E-state index contributed by atoms with van der Waals surface area (Å²) in [6.45, 7) is 2.84. The van der Waals surface area contributed by atoms with Crippen LogP contribution in [0.25, 0.3) is 0 Å². The number of hydrogen-bond acceptors (Lipinski definition) is 6. The van der Waals surface area contributed by atoms with E-state index in [2.05, 4.69) is 38.2 Å². The number of carbonyl (C=O) groups excluding carboxylic acids is 2. The molecule has 0 bridgehead atoms. The van der Waals surface area contributed by atoms with Gasteiger partial charge >= 0.3 is 5.00 Å². The van der Waals surface area contributed by atoms with Crippen molar-refractivity contribution in [2.75, 3.05) is 10.6 Å². The standard InChI is InChI=1S/C13H11IN4O4S/c1-6-12(18(21)22)23-13(15-6)17-11(20)9-4-3-8(14)5-10(9)16-7(2)19/h3-5H,1-2H3,(H,16,19)(H,15,17,20). The molecule has 2 N–H and O–H groups in total. The topological polar surface area (TPSA) is 114 Å². The second-order valence-electron chi connectivity index (χ2n) is 4.49. The van der Waals surface area contributed by atoms with E-state index < -0.39 is 10.8 Å². The van der Waals surface area contributed by atoms with Crippen LogP contribution in [0.1, 0.15) is 23.0 Å². The van der Waals surface area contributed by atoms with E-state index in [9.17, 15) is 19.7 Å². The van der Waals surface area contributed by atoms with Gasteiger partial charge in [0.2, 0.25) is 5.91 Å². The predicted octanol–water partition coefficient (Wildman–Crippen LogP) is 3.18. The summed E-state index contributed by atoms with van der Waals surface area (Å²) < 4.78 is 0.851. The van der Waals surface area contributed by atoms with Crippen molar-refractivity contribution < 1.29 is 14.5 Å². The SMILES string of the molecule is CC(=O)Nc1cc(I)ccc1C(=O)Nc1nc(C)c([N+](=O)[O-])s1. The third-order valence-corrected chi connectivity index (χ3v) is 4.39. The zero-order valence-corrected chi connectivity index (χ0v) is 15.0. The number of amides is 2. The van der Waals surface area contributed by atoms with Crippen LogP contribution in [-0.2, 0) is 4.79 Å². The monoisotopic (exact) mass is 446 g/mol. The van der Waals surface area contributed by atoms with Crippen molar-refractivity contribution in [3.05, 3.63) is 43.1 Å². The Balaban J connectivity index is 2.29. The number of halogens is 1. The Morgan fingerprint density at radius 3 is 2.61 bits per heavy atom. The number of rotatable bonds is 4. The highest BCUT2D eigenvalue weighted by Crippen LogP contribution is 2.30. The Kier molecular flexibility index (Phi) is 5.26. The van der Waals surface area contributed by atoms with Crippen molar-refractivity contribution in [2.45, 2.75) is 13.8 Å². The Bertz CT molecular complexity index is 805. The number of nitrogens with zero attached hydrogens (tertiary/aromatic N) is 2. The Labute approximate surface area is 148 Å². The molecule has 2 aromatic rings. The van der Waals surface area contributed by atoms with Gasteiger partial charge in [-0.05, 0) is 59.1 Å². The highest BCUT2D eigenvalue weighted by atomic mass is 127. The van der Waals surface area contributed by atoms with Gasteiger partial charge in [-0.2, -0.15) is 0 Å². The zero-order chi connectivity index (χ0) is 17.1. The van der Waals surface area contributed by atoms with Gasteiger partial charge in [0.05, 0.1) is 16.2 Å². The van der Waals surface area contributed by atoms with E-state index in [1.807, 2.05) is 0 Å². The van der Waals surface area contributed by atoms with Crippen LogP contribution in [0.3, 0.4) is 0 Å². The van der Waals surface area contributed by atoms with Gasteiger partial charge in [0.1, 0.15) is 5.69 Å². The van der Waals surface area contributed by atoms with Crippen LogP contribution >= 0.6 is 33.9 Å². The highest BCUT2D eigenvalue weighted by Gasteiger charge is 2.20. The molecule has 0 radical (unpaired) electrons. The second-order valence-corrected chi connectivity index (χ2v) is 6.72. The summed E-state index contributed by atoms with van der Waals surface area (Å²) in [6.07, 6.45) is 0. The Morgan fingerprint density at radius 1 is 1.35 bits per heavy atom. The van der Waals surface area contributed by atoms with Gasteiger partial charge in [-0.25, -0.2) is 4.98 Å². The lowest BCUT2D eigenvalue weighted by molar-refractivity contribution is -0.380. The number of aryl methyl sites for hydroxylation is 1. The summed E-state index contributed by atoms with van der Waals surface area (Å²) in [5.41, 5.74) is 0.848. The lowest BCUT2D eigenvalue weighted by atomic mass is 10.1. The number of aromatic nitrogens is 1. The number of thiazole rings is 1. The lowest BCUT2D eigenvalue weighted by Gasteiger charge is -2.09. The number of anilines is 2. The molecule has 0 fully saturated rings. The molecule has 1 aromatic heterocycles. The molecule has 120 valence electrons. The van der Waals surface area contributed by atoms with Gasteiger partial charge in [0, 0.05) is 10.5 Å². The first kappa shape index (κ1) is 17.3. The number of benzene rings is 1. The van der Waals surface area contributed by atoms with Crippen LogP contribution in [0.2, 0.25) is 0 Å². The van der Waals surface area contributed by atoms with Crippen molar-refractivity contribution in [1.82, 2.24) is 4.98 Å². The van der Waals surface area contributed by atoms with Gasteiger partial charge in [-0.15, -0.1) is 0 Å². The number of nitrogens with one attached hydrogen (secondary N) is 2. The quantitative estimate of drug-likeness (QED) is 0.426. The molecule has 0 aliphatic rings. The molecule has 0 atom stereocenters. The molecule has 0 aliphatic carbocycles. The first-order valence-electron chi connectivity index (χ1n) is 6.28. The van der Waals surface area contributed by atoms with Crippen molar-refractivity contribution in [3.63, 3.8) is 0 Å². The summed E-state index contributed by atoms with van der Waals surface area (Å²) in [4.78, 5) is 37.8. The summed E-state index contributed by atoms with van der Waals surface area (Å²) in [7, 11) is 0. The summed E-state index contributed by atoms with van der Waals surface area (Å²) in [6, 6.07) is 4.94. The number of carbonyl (C=O) groups is 2. The van der Waals surface area contributed by atoms with E-state index in [1.165, 1.54) is 13.8 Å². The minimum Gasteiger partial charge on any atom is -0.326 e. The van der Waals surface area contributed by atoms with Crippen LogP contribution < -0.4 is 10.6 Å². The Hall–Kier alpha value is -2.08. The van der Waals surface area contributed by atoms with Crippen LogP contribution in [0.4, 0.5) is 15.8 Å². The fourth-order valence-electron chi connectivity index (χ4n) is 1.78. The molecule has 0 unspecified atom stereocenters. The third kappa shape index (κ3) is 4.22. The average molecular weight is 446 g/mol. The molecule has 8 nitrogen and oxygen atoms in total. The first-order chi connectivity index (χ1) is 10.8. The fourth-order valence-corrected chi connectivity index (χ4v) is 3.05. The van der Waals surface area contributed by atoms with E-state index in [-0.39, 0.29) is 27.3 Å². The maximum atomic E-state index is 12.4. The molecular formula is C13H11IN4O4S. The fraction of sp³-hybridized carbons (Fsp3) is 0.154. The van der Waals surface area contributed by atoms with Gasteiger partial charge in [-0.3, -0.25) is 25.0 Å². The molecule has 0 saturated carbocycles. The van der Waals surface area contributed by atoms with E-state index in [4.69, 9.17) is 0 Å². The molecule has 10 heteroatoms. The summed E-state index contributed by atoms with van der Waals surface area (Å²) in [5.74, 6) is -0.810. The predicted molar refractivity (Wildman–Crippen MR) is 94.9 cm³/mol. The third-order valence-electron chi connectivity index (χ3n) is 2.70. The minimum absolute atomic E-state index is 0.120. The molecule has 0 spiro atoms. The number of hydrogen-bond donors (Lipinski definition) is 2. The van der Waals surface area contributed by atoms with Crippen molar-refractivity contribution in [1.29, 1.82) is 0 Å². The van der Waals surface area contributed by atoms with E-state index in [0.29, 0.717) is 5.69 Å². The average Bonchev–Trinajstić information content (AvgIpc) is 2.79. The van der Waals surface area contributed by atoms with E-state index in [0.717, 1.165) is 14.9 Å². The van der Waals surface area contributed by atoms with Crippen LogP contribution in [0.5, 0.6) is 0 Å². The first-order valence-corrected chi connectivity index (χ1v) is 8.17. The zero-order valence-electron chi connectivity index (χ0n) is 12.0. The largest absolute Gasteiger partial charge is 0.348 e. The summed E-state index contributed by atoms with van der Waals surface area (Å²) >= 11 is 2.85. The van der Waals surface area contributed by atoms with Crippen molar-refractivity contribution >= 4 is 61.6 Å². The maximum Gasteiger partial charge on any atom is 0.348 e. The minimum atomic E-state index is -0.545. The number of nitro groups is 1. The highest BCUT2D eigenvalue weighted by molar-refractivity contribution is 14.1.